The zero-order valence-corrected chi connectivity index (χ0v) is 15.2. The fraction of sp³-hybridized carbons (Fsp3) is 0.0800. The number of hydrogen-bond acceptors (Lipinski definition) is 3. The van der Waals surface area contributed by atoms with Crippen molar-refractivity contribution in [3.05, 3.63) is 107 Å². The number of Topliss-reactive ketones (excluding diaryl/α,β-unsaturated/α-hetero) is 2. The molecule has 0 aromatic heterocycles. The molecule has 0 atom stereocenters. The highest BCUT2D eigenvalue weighted by Crippen LogP contribution is 2.24. The van der Waals surface area contributed by atoms with E-state index >= 15 is 0 Å². The molecule has 3 aromatic carbocycles. The zero-order valence-electron chi connectivity index (χ0n) is 15.2. The quantitative estimate of drug-likeness (QED) is 0.648. The highest BCUT2D eigenvalue weighted by atomic mass is 16.1. The van der Waals surface area contributed by atoms with E-state index < -0.39 is 0 Å². The molecule has 0 radical (unpaired) electrons. The standard InChI is InChI=1S/C25H18O3/c26-21(14-17-10-12-19(13-11-17)18-6-2-1-3-7-18)15-20-16-24(27)22-8-4-5-9-23(22)25(20)28/h1-13,16H,14-15H2. The van der Waals surface area contributed by atoms with E-state index in [1.165, 1.54) is 6.08 Å². The maximum atomic E-state index is 12.6. The average molecular weight is 366 g/mol. The number of rotatable bonds is 5. The smallest absolute Gasteiger partial charge is 0.190 e. The number of ketones is 3. The van der Waals surface area contributed by atoms with E-state index in [2.05, 4.69) is 0 Å². The summed E-state index contributed by atoms with van der Waals surface area (Å²) in [6, 6.07) is 24.6. The molecule has 0 bridgehead atoms. The first-order valence-electron chi connectivity index (χ1n) is 9.16. The molecule has 0 saturated carbocycles. The van der Waals surface area contributed by atoms with Gasteiger partial charge in [0.15, 0.2) is 11.6 Å². The van der Waals surface area contributed by atoms with E-state index in [0.717, 1.165) is 16.7 Å². The van der Waals surface area contributed by atoms with Crippen LogP contribution in [0.5, 0.6) is 0 Å². The van der Waals surface area contributed by atoms with Gasteiger partial charge in [-0.05, 0) is 22.8 Å². The molecule has 3 aromatic rings. The largest absolute Gasteiger partial charge is 0.299 e. The summed E-state index contributed by atoms with van der Waals surface area (Å²) >= 11 is 0. The summed E-state index contributed by atoms with van der Waals surface area (Å²) in [5.41, 5.74) is 4.15. The van der Waals surface area contributed by atoms with Crippen LogP contribution in [-0.4, -0.2) is 17.3 Å². The van der Waals surface area contributed by atoms with Crippen molar-refractivity contribution in [3.8, 4) is 11.1 Å². The van der Waals surface area contributed by atoms with Crippen molar-refractivity contribution in [2.24, 2.45) is 0 Å². The van der Waals surface area contributed by atoms with Crippen molar-refractivity contribution in [1.82, 2.24) is 0 Å². The molecule has 136 valence electrons. The van der Waals surface area contributed by atoms with Gasteiger partial charge < -0.3 is 0 Å². The molecule has 0 aliphatic heterocycles. The van der Waals surface area contributed by atoms with Crippen LogP contribution in [-0.2, 0) is 11.2 Å². The molecule has 0 fully saturated rings. The van der Waals surface area contributed by atoms with Gasteiger partial charge in [0.05, 0.1) is 0 Å². The molecule has 0 heterocycles. The van der Waals surface area contributed by atoms with Crippen LogP contribution >= 0.6 is 0 Å². The molecule has 3 heteroatoms. The number of allylic oxidation sites excluding steroid dienone is 2. The molecule has 0 amide bonds. The van der Waals surface area contributed by atoms with Crippen molar-refractivity contribution in [2.45, 2.75) is 12.8 Å². The molecule has 1 aliphatic rings. The van der Waals surface area contributed by atoms with Gasteiger partial charge in [0.1, 0.15) is 5.78 Å². The second kappa shape index (κ2) is 7.57. The predicted molar refractivity (Wildman–Crippen MR) is 108 cm³/mol. The summed E-state index contributed by atoms with van der Waals surface area (Å²) < 4.78 is 0. The maximum absolute atomic E-state index is 12.6. The fourth-order valence-corrected chi connectivity index (χ4v) is 3.45. The number of fused-ring (bicyclic) bond motifs is 1. The molecule has 3 nitrogen and oxygen atoms in total. The van der Waals surface area contributed by atoms with Crippen LogP contribution in [0.3, 0.4) is 0 Å². The summed E-state index contributed by atoms with van der Waals surface area (Å²) in [4.78, 5) is 37.3. The predicted octanol–water partition coefficient (Wildman–Crippen LogP) is 4.86. The third-order valence-corrected chi connectivity index (χ3v) is 4.88. The number of carbonyl (C=O) groups excluding carboxylic acids is 3. The average Bonchev–Trinajstić information content (AvgIpc) is 2.73. The van der Waals surface area contributed by atoms with Crippen LogP contribution in [0.2, 0.25) is 0 Å². The Balaban J connectivity index is 1.45. The third-order valence-electron chi connectivity index (χ3n) is 4.88. The first-order valence-corrected chi connectivity index (χ1v) is 9.16. The van der Waals surface area contributed by atoms with Crippen LogP contribution in [0.4, 0.5) is 0 Å². The van der Waals surface area contributed by atoms with Gasteiger partial charge in [0, 0.05) is 29.5 Å². The Morgan fingerprint density at radius 2 is 1.25 bits per heavy atom. The Morgan fingerprint density at radius 3 is 1.96 bits per heavy atom. The minimum Gasteiger partial charge on any atom is -0.299 e. The van der Waals surface area contributed by atoms with E-state index in [1.807, 2.05) is 54.6 Å². The van der Waals surface area contributed by atoms with E-state index in [-0.39, 0.29) is 35.8 Å². The van der Waals surface area contributed by atoms with Crippen LogP contribution in [0, 0.1) is 0 Å². The molecule has 0 unspecified atom stereocenters. The lowest BCUT2D eigenvalue weighted by atomic mass is 9.87. The normalized spacial score (nSPS) is 13.1. The fourth-order valence-electron chi connectivity index (χ4n) is 3.45. The maximum Gasteiger partial charge on any atom is 0.190 e. The van der Waals surface area contributed by atoms with Gasteiger partial charge in [-0.15, -0.1) is 0 Å². The Morgan fingerprint density at radius 1 is 0.643 bits per heavy atom. The van der Waals surface area contributed by atoms with Crippen molar-refractivity contribution in [3.63, 3.8) is 0 Å². The summed E-state index contributed by atoms with van der Waals surface area (Å²) in [6.07, 6.45) is 1.51. The summed E-state index contributed by atoms with van der Waals surface area (Å²) in [5.74, 6) is -0.535. The SMILES string of the molecule is O=C(CC1=CC(=O)c2ccccc2C1=O)Cc1ccc(-c2ccccc2)cc1. The van der Waals surface area contributed by atoms with Gasteiger partial charge in [-0.25, -0.2) is 0 Å². The van der Waals surface area contributed by atoms with Crippen molar-refractivity contribution in [1.29, 1.82) is 0 Å². The molecule has 1 aliphatic carbocycles. The lowest BCUT2D eigenvalue weighted by Crippen LogP contribution is -2.19. The third kappa shape index (κ3) is 3.60. The molecule has 0 N–H and O–H groups in total. The number of hydrogen-bond donors (Lipinski definition) is 0. The lowest BCUT2D eigenvalue weighted by molar-refractivity contribution is -0.117. The van der Waals surface area contributed by atoms with E-state index in [9.17, 15) is 14.4 Å². The van der Waals surface area contributed by atoms with Gasteiger partial charge in [-0.1, -0.05) is 78.9 Å². The first kappa shape index (κ1) is 17.8. The second-order valence-electron chi connectivity index (χ2n) is 6.86. The Labute approximate surface area is 163 Å². The van der Waals surface area contributed by atoms with E-state index in [4.69, 9.17) is 0 Å². The van der Waals surface area contributed by atoms with E-state index in [0.29, 0.717) is 11.1 Å². The second-order valence-corrected chi connectivity index (χ2v) is 6.86. The van der Waals surface area contributed by atoms with Crippen molar-refractivity contribution >= 4 is 17.3 Å². The van der Waals surface area contributed by atoms with Gasteiger partial charge in [0.2, 0.25) is 0 Å². The lowest BCUT2D eigenvalue weighted by Gasteiger charge is -2.14. The minimum absolute atomic E-state index is 0.0284. The summed E-state index contributed by atoms with van der Waals surface area (Å²) in [5, 5.41) is 0. The molecule has 0 saturated heterocycles. The minimum atomic E-state index is -0.233. The van der Waals surface area contributed by atoms with Gasteiger partial charge in [0.25, 0.3) is 0 Å². The van der Waals surface area contributed by atoms with Crippen molar-refractivity contribution < 1.29 is 14.4 Å². The van der Waals surface area contributed by atoms with Crippen LogP contribution in [0.25, 0.3) is 11.1 Å². The Kier molecular flexibility index (Phi) is 4.81. The van der Waals surface area contributed by atoms with Gasteiger partial charge in [-0.3, -0.25) is 14.4 Å². The van der Waals surface area contributed by atoms with Gasteiger partial charge in [-0.2, -0.15) is 0 Å². The summed E-state index contributed by atoms with van der Waals surface area (Å²) in [6.45, 7) is 0. The van der Waals surface area contributed by atoms with Crippen LogP contribution < -0.4 is 0 Å². The zero-order chi connectivity index (χ0) is 19.5. The Hall–Kier alpha value is -3.59. The molecule has 4 rings (SSSR count). The molecular weight excluding hydrogens is 348 g/mol. The Bertz CT molecular complexity index is 1090. The topological polar surface area (TPSA) is 51.2 Å². The summed E-state index contributed by atoms with van der Waals surface area (Å²) in [7, 11) is 0. The molecule has 0 spiro atoms. The molecular formula is C25H18O3. The highest BCUT2D eigenvalue weighted by Gasteiger charge is 2.26. The van der Waals surface area contributed by atoms with Crippen LogP contribution in [0.15, 0.2) is 90.5 Å². The number of benzene rings is 3. The van der Waals surface area contributed by atoms with Crippen LogP contribution in [0.1, 0.15) is 32.7 Å². The van der Waals surface area contributed by atoms with Gasteiger partial charge >= 0.3 is 0 Å². The molecule has 28 heavy (non-hydrogen) atoms. The monoisotopic (exact) mass is 366 g/mol. The van der Waals surface area contributed by atoms with Crippen molar-refractivity contribution in [2.75, 3.05) is 0 Å². The first-order chi connectivity index (χ1) is 13.6. The highest BCUT2D eigenvalue weighted by molar-refractivity contribution is 6.25. The van der Waals surface area contributed by atoms with E-state index in [1.54, 1.807) is 24.3 Å². The number of carbonyl (C=O) groups is 3.